The number of hydrogen-bond acceptors (Lipinski definition) is 8. The number of tetrazole rings is 1. The smallest absolute Gasteiger partial charge is 0.165 e. The molecule has 2 aromatic rings. The van der Waals surface area contributed by atoms with Crippen LogP contribution in [0.2, 0.25) is 0 Å². The largest absolute Gasteiger partial charge is 0.374 e. The van der Waals surface area contributed by atoms with E-state index in [4.69, 9.17) is 4.74 Å². The molecule has 136 valence electrons. The fraction of sp³-hybridized carbons (Fsp3) is 0.688. The number of anilines is 1. The molecule has 0 spiro atoms. The highest BCUT2D eigenvalue weighted by Crippen LogP contribution is 2.13. The number of aromatic nitrogens is 6. The molecule has 0 bridgehead atoms. The molecule has 9 nitrogen and oxygen atoms in total. The van der Waals surface area contributed by atoms with Crippen LogP contribution in [0.1, 0.15) is 25.6 Å². The number of hydrogen-bond donors (Lipinski definition) is 0. The minimum absolute atomic E-state index is 0.126. The van der Waals surface area contributed by atoms with E-state index < -0.39 is 0 Å². The number of unbranched alkanes of at least 4 members (excludes halogenated alkanes) is 1. The molecule has 0 aliphatic carbocycles. The number of likely N-dealkylation sites (N-methyl/N-ethyl adjacent to an activating group) is 1. The van der Waals surface area contributed by atoms with E-state index in [0.29, 0.717) is 0 Å². The molecular weight excluding hydrogens is 320 g/mol. The van der Waals surface area contributed by atoms with Crippen LogP contribution in [-0.4, -0.2) is 74.7 Å². The molecule has 3 heterocycles. The van der Waals surface area contributed by atoms with Crippen molar-refractivity contribution >= 4 is 5.82 Å². The minimum atomic E-state index is 0.126. The third-order valence-corrected chi connectivity index (χ3v) is 4.34. The van der Waals surface area contributed by atoms with Crippen LogP contribution in [0, 0.1) is 0 Å². The Balaban J connectivity index is 1.54. The Morgan fingerprint density at radius 2 is 2.28 bits per heavy atom. The lowest BCUT2D eigenvalue weighted by atomic mass is 10.2. The van der Waals surface area contributed by atoms with Crippen molar-refractivity contribution in [3.05, 3.63) is 24.2 Å². The van der Waals surface area contributed by atoms with Gasteiger partial charge in [-0.1, -0.05) is 13.3 Å². The Labute approximate surface area is 148 Å². The van der Waals surface area contributed by atoms with Crippen molar-refractivity contribution in [1.29, 1.82) is 0 Å². The molecule has 1 fully saturated rings. The number of ether oxygens (including phenoxy) is 1. The molecule has 2 aromatic heterocycles. The first-order chi connectivity index (χ1) is 12.3. The van der Waals surface area contributed by atoms with Gasteiger partial charge >= 0.3 is 0 Å². The summed E-state index contributed by atoms with van der Waals surface area (Å²) >= 11 is 0. The maximum absolute atomic E-state index is 5.92. The standard InChI is InChI=1S/C16H26N8O/c1-3-4-8-24-16(19-20-21-24)13-23-9-10-25-14(12-23)11-22(2)15-6-5-7-17-18-15/h5-7,14H,3-4,8-13H2,1-2H3/t14-/m0/s1. The molecule has 25 heavy (non-hydrogen) atoms. The molecule has 0 amide bonds. The average molecular weight is 346 g/mol. The molecule has 0 saturated carbocycles. The first-order valence-electron chi connectivity index (χ1n) is 8.84. The number of morpholine rings is 1. The Morgan fingerprint density at radius 1 is 1.36 bits per heavy atom. The maximum atomic E-state index is 5.92. The van der Waals surface area contributed by atoms with Crippen LogP contribution in [0.4, 0.5) is 5.82 Å². The molecular formula is C16H26N8O. The zero-order valence-corrected chi connectivity index (χ0v) is 15.0. The summed E-state index contributed by atoms with van der Waals surface area (Å²) in [6.07, 6.45) is 4.03. The average Bonchev–Trinajstić information content (AvgIpc) is 3.08. The lowest BCUT2D eigenvalue weighted by Crippen LogP contribution is -2.47. The molecule has 1 atom stereocenters. The summed E-state index contributed by atoms with van der Waals surface area (Å²) < 4.78 is 7.84. The molecule has 1 aliphatic heterocycles. The summed E-state index contributed by atoms with van der Waals surface area (Å²) in [6, 6.07) is 3.85. The van der Waals surface area contributed by atoms with Crippen LogP contribution in [0.15, 0.2) is 18.3 Å². The summed E-state index contributed by atoms with van der Waals surface area (Å²) in [5, 5.41) is 20.2. The highest BCUT2D eigenvalue weighted by molar-refractivity contribution is 5.35. The predicted molar refractivity (Wildman–Crippen MR) is 93.0 cm³/mol. The molecule has 1 saturated heterocycles. The van der Waals surface area contributed by atoms with Crippen molar-refractivity contribution < 1.29 is 4.74 Å². The monoisotopic (exact) mass is 346 g/mol. The van der Waals surface area contributed by atoms with Gasteiger partial charge in [-0.05, 0) is 29.0 Å². The molecule has 9 heteroatoms. The van der Waals surface area contributed by atoms with Crippen LogP contribution >= 0.6 is 0 Å². The topological polar surface area (TPSA) is 85.1 Å². The predicted octanol–water partition coefficient (Wildman–Crippen LogP) is 0.600. The number of rotatable bonds is 8. The van der Waals surface area contributed by atoms with E-state index in [0.717, 1.165) is 63.8 Å². The van der Waals surface area contributed by atoms with Crippen molar-refractivity contribution in [2.75, 3.05) is 38.2 Å². The second kappa shape index (κ2) is 8.82. The molecule has 3 rings (SSSR count). The first kappa shape index (κ1) is 17.7. The van der Waals surface area contributed by atoms with Gasteiger partial charge in [-0.25, -0.2) is 4.68 Å². The summed E-state index contributed by atoms with van der Waals surface area (Å²) in [7, 11) is 2.01. The Kier molecular flexibility index (Phi) is 6.24. The van der Waals surface area contributed by atoms with Crippen molar-refractivity contribution in [3.8, 4) is 0 Å². The molecule has 0 unspecified atom stereocenters. The van der Waals surface area contributed by atoms with Gasteiger partial charge in [-0.2, -0.15) is 5.10 Å². The van der Waals surface area contributed by atoms with Gasteiger partial charge in [0.1, 0.15) is 0 Å². The quantitative estimate of drug-likeness (QED) is 0.687. The summed E-state index contributed by atoms with van der Waals surface area (Å²) in [6.45, 7) is 7.04. The molecule has 1 aliphatic rings. The highest BCUT2D eigenvalue weighted by atomic mass is 16.5. The van der Waals surface area contributed by atoms with Crippen LogP contribution in [0.5, 0.6) is 0 Å². The highest BCUT2D eigenvalue weighted by Gasteiger charge is 2.23. The second-order valence-corrected chi connectivity index (χ2v) is 6.36. The van der Waals surface area contributed by atoms with Crippen LogP contribution < -0.4 is 4.90 Å². The van der Waals surface area contributed by atoms with Crippen LogP contribution in [0.25, 0.3) is 0 Å². The summed E-state index contributed by atoms with van der Waals surface area (Å²) in [5.74, 6) is 1.78. The SMILES string of the molecule is CCCCn1nnnc1CN1CCO[C@@H](CN(C)c2cccnn2)C1. The van der Waals surface area contributed by atoms with E-state index in [2.05, 4.69) is 42.4 Å². The third-order valence-electron chi connectivity index (χ3n) is 4.34. The van der Waals surface area contributed by atoms with Crippen molar-refractivity contribution in [2.24, 2.45) is 0 Å². The van der Waals surface area contributed by atoms with Gasteiger partial charge in [-0.15, -0.1) is 10.2 Å². The van der Waals surface area contributed by atoms with Gasteiger partial charge in [-0.3, -0.25) is 4.90 Å². The van der Waals surface area contributed by atoms with Crippen molar-refractivity contribution in [1.82, 2.24) is 35.3 Å². The Hall–Kier alpha value is -2.13. The maximum Gasteiger partial charge on any atom is 0.165 e. The van der Waals surface area contributed by atoms with Crippen molar-refractivity contribution in [2.45, 2.75) is 39.0 Å². The second-order valence-electron chi connectivity index (χ2n) is 6.36. The van der Waals surface area contributed by atoms with Crippen LogP contribution in [-0.2, 0) is 17.8 Å². The first-order valence-corrected chi connectivity index (χ1v) is 8.84. The van der Waals surface area contributed by atoms with Crippen molar-refractivity contribution in [3.63, 3.8) is 0 Å². The fourth-order valence-electron chi connectivity index (χ4n) is 2.95. The van der Waals surface area contributed by atoms with Crippen LogP contribution in [0.3, 0.4) is 0 Å². The van der Waals surface area contributed by atoms with E-state index in [1.165, 1.54) is 0 Å². The number of aryl methyl sites for hydroxylation is 1. The van der Waals surface area contributed by atoms with E-state index in [1.54, 1.807) is 6.20 Å². The summed E-state index contributed by atoms with van der Waals surface area (Å²) in [4.78, 5) is 4.43. The van der Waals surface area contributed by atoms with E-state index in [-0.39, 0.29) is 6.10 Å². The normalized spacial score (nSPS) is 18.4. The Bertz CT molecular complexity index is 634. The van der Waals surface area contributed by atoms with Gasteiger partial charge in [0.2, 0.25) is 0 Å². The van der Waals surface area contributed by atoms with Gasteiger partial charge in [0.05, 0.1) is 19.3 Å². The lowest BCUT2D eigenvalue weighted by Gasteiger charge is -2.34. The minimum Gasteiger partial charge on any atom is -0.374 e. The zero-order chi connectivity index (χ0) is 17.5. The zero-order valence-electron chi connectivity index (χ0n) is 15.0. The summed E-state index contributed by atoms with van der Waals surface area (Å²) in [5.41, 5.74) is 0. The molecule has 0 aromatic carbocycles. The van der Waals surface area contributed by atoms with Gasteiger partial charge in [0, 0.05) is 39.4 Å². The van der Waals surface area contributed by atoms with Gasteiger partial charge < -0.3 is 9.64 Å². The van der Waals surface area contributed by atoms with E-state index in [9.17, 15) is 0 Å². The Morgan fingerprint density at radius 3 is 3.08 bits per heavy atom. The molecule has 0 N–H and O–H groups in total. The third kappa shape index (κ3) is 4.93. The van der Waals surface area contributed by atoms with Gasteiger partial charge in [0.15, 0.2) is 11.6 Å². The van der Waals surface area contributed by atoms with E-state index in [1.807, 2.05) is 23.9 Å². The fourth-order valence-corrected chi connectivity index (χ4v) is 2.95. The van der Waals surface area contributed by atoms with E-state index >= 15 is 0 Å². The van der Waals surface area contributed by atoms with Gasteiger partial charge in [0.25, 0.3) is 0 Å². The number of nitrogens with zero attached hydrogens (tertiary/aromatic N) is 8. The lowest BCUT2D eigenvalue weighted by molar-refractivity contribution is -0.0276. The molecule has 0 radical (unpaired) electrons.